The normalized spacial score (nSPS) is 10.6. The molecule has 2 amide bonds. The Balaban J connectivity index is 1.85. The number of rotatable bonds is 9. The number of halogens is 2. The van der Waals surface area contributed by atoms with Crippen LogP contribution in [0.1, 0.15) is 24.2 Å². The molecule has 9 heteroatoms. The summed E-state index contributed by atoms with van der Waals surface area (Å²) in [4.78, 5) is 37.9. The maximum atomic E-state index is 12.5. The highest BCUT2D eigenvalue weighted by molar-refractivity contribution is 5.97. The van der Waals surface area contributed by atoms with Crippen molar-refractivity contribution in [2.75, 3.05) is 18.1 Å². The number of ether oxygens (including phenoxy) is 2. The summed E-state index contributed by atoms with van der Waals surface area (Å²) in [5.41, 5.74) is 0.708. The lowest BCUT2D eigenvalue weighted by Crippen LogP contribution is -2.40. The molecule has 2 aromatic carbocycles. The Labute approximate surface area is 172 Å². The Morgan fingerprint density at radius 1 is 1.03 bits per heavy atom. The van der Waals surface area contributed by atoms with E-state index < -0.39 is 37.5 Å². The van der Waals surface area contributed by atoms with E-state index in [2.05, 4.69) is 10.1 Å². The smallest absolute Gasteiger partial charge is 0.387 e. The molecule has 2 rings (SSSR count). The molecule has 0 bridgehead atoms. The second kappa shape index (κ2) is 10.9. The van der Waals surface area contributed by atoms with E-state index >= 15 is 0 Å². The predicted octanol–water partition coefficient (Wildman–Crippen LogP) is 3.00. The van der Waals surface area contributed by atoms with Gasteiger partial charge < -0.3 is 19.7 Å². The molecular formula is C21H22F2N2O5. The number of nitrogens with one attached hydrogen (secondary N) is 1. The van der Waals surface area contributed by atoms with Crippen molar-refractivity contribution < 1.29 is 32.6 Å². The topological polar surface area (TPSA) is 84.9 Å². The van der Waals surface area contributed by atoms with Gasteiger partial charge in [-0.15, -0.1) is 0 Å². The van der Waals surface area contributed by atoms with E-state index in [0.717, 1.165) is 6.07 Å². The summed E-state index contributed by atoms with van der Waals surface area (Å²) in [6.07, 6.45) is 0. The van der Waals surface area contributed by atoms with E-state index in [4.69, 9.17) is 4.74 Å². The van der Waals surface area contributed by atoms with Crippen LogP contribution in [0.3, 0.4) is 0 Å². The summed E-state index contributed by atoms with van der Waals surface area (Å²) in [7, 11) is 0. The molecule has 0 aliphatic rings. The number of esters is 1. The molecule has 160 valence electrons. The number of carbonyl (C=O) groups is 3. The minimum atomic E-state index is -3.02. The summed E-state index contributed by atoms with van der Waals surface area (Å²) < 4.78 is 33.7. The second-order valence-corrected chi connectivity index (χ2v) is 6.44. The van der Waals surface area contributed by atoms with Crippen LogP contribution in [0, 0.1) is 0 Å². The molecule has 7 nitrogen and oxygen atoms in total. The molecule has 0 spiro atoms. The van der Waals surface area contributed by atoms with E-state index in [0.29, 0.717) is 5.69 Å². The maximum absolute atomic E-state index is 12.5. The third-order valence-electron chi connectivity index (χ3n) is 3.89. The van der Waals surface area contributed by atoms with Crippen LogP contribution in [0.25, 0.3) is 0 Å². The molecule has 0 fully saturated rings. The number of nitrogens with zero attached hydrogens (tertiary/aromatic N) is 1. The standard InChI is InChI=1S/C21H22F2N2O5/c1-14(2)25(16-8-4-3-5-9-16)18(26)13-29-19(27)12-24-20(28)15-7-6-10-17(11-15)30-21(22)23/h3-11,14,21H,12-13H2,1-2H3,(H,24,28). The van der Waals surface area contributed by atoms with Crippen molar-refractivity contribution in [3.63, 3.8) is 0 Å². The molecule has 0 saturated carbocycles. The minimum Gasteiger partial charge on any atom is -0.454 e. The minimum absolute atomic E-state index is 0.0343. The van der Waals surface area contributed by atoms with Gasteiger partial charge in [0.2, 0.25) is 0 Å². The van der Waals surface area contributed by atoms with Crippen LogP contribution in [0.15, 0.2) is 54.6 Å². The van der Waals surface area contributed by atoms with E-state index in [-0.39, 0.29) is 17.4 Å². The zero-order chi connectivity index (χ0) is 22.1. The van der Waals surface area contributed by atoms with Crippen molar-refractivity contribution in [3.8, 4) is 5.75 Å². The Morgan fingerprint density at radius 2 is 1.73 bits per heavy atom. The lowest BCUT2D eigenvalue weighted by molar-refractivity contribution is -0.146. The van der Waals surface area contributed by atoms with Crippen LogP contribution in [-0.4, -0.2) is 43.6 Å². The summed E-state index contributed by atoms with van der Waals surface area (Å²) in [6, 6.07) is 13.9. The number of alkyl halides is 2. The molecule has 0 atom stereocenters. The van der Waals surface area contributed by atoms with Crippen LogP contribution >= 0.6 is 0 Å². The molecule has 0 unspecified atom stereocenters. The molecule has 0 saturated heterocycles. The number of benzene rings is 2. The highest BCUT2D eigenvalue weighted by Gasteiger charge is 2.20. The molecule has 2 aromatic rings. The van der Waals surface area contributed by atoms with Gasteiger partial charge in [-0.25, -0.2) is 0 Å². The SMILES string of the molecule is CC(C)N(C(=O)COC(=O)CNC(=O)c1cccc(OC(F)F)c1)c1ccccc1. The predicted molar refractivity (Wildman–Crippen MR) is 105 cm³/mol. The average molecular weight is 420 g/mol. The van der Waals surface area contributed by atoms with Gasteiger partial charge in [0.05, 0.1) is 0 Å². The number of hydrogen-bond acceptors (Lipinski definition) is 5. The Morgan fingerprint density at radius 3 is 2.37 bits per heavy atom. The van der Waals surface area contributed by atoms with Gasteiger partial charge in [-0.05, 0) is 44.2 Å². The summed E-state index contributed by atoms with van der Waals surface area (Å²) in [5, 5.41) is 2.31. The average Bonchev–Trinajstić information content (AvgIpc) is 2.71. The fourth-order valence-electron chi connectivity index (χ4n) is 2.65. The highest BCUT2D eigenvalue weighted by Crippen LogP contribution is 2.17. The lowest BCUT2D eigenvalue weighted by atomic mass is 10.2. The van der Waals surface area contributed by atoms with E-state index in [9.17, 15) is 23.2 Å². The number of anilines is 1. The van der Waals surface area contributed by atoms with Crippen LogP contribution < -0.4 is 15.0 Å². The zero-order valence-corrected chi connectivity index (χ0v) is 16.5. The second-order valence-electron chi connectivity index (χ2n) is 6.44. The number of para-hydroxylation sites is 1. The van der Waals surface area contributed by atoms with Crippen LogP contribution in [-0.2, 0) is 14.3 Å². The third-order valence-corrected chi connectivity index (χ3v) is 3.89. The summed E-state index contributed by atoms with van der Waals surface area (Å²) >= 11 is 0. The molecule has 0 aliphatic carbocycles. The van der Waals surface area contributed by atoms with E-state index in [1.165, 1.54) is 23.1 Å². The van der Waals surface area contributed by atoms with Crippen molar-refractivity contribution in [2.45, 2.75) is 26.5 Å². The molecule has 0 radical (unpaired) electrons. The van der Waals surface area contributed by atoms with Crippen molar-refractivity contribution in [1.29, 1.82) is 0 Å². The largest absolute Gasteiger partial charge is 0.454 e. The van der Waals surface area contributed by atoms with Gasteiger partial charge in [-0.3, -0.25) is 14.4 Å². The zero-order valence-electron chi connectivity index (χ0n) is 16.5. The van der Waals surface area contributed by atoms with Crippen molar-refractivity contribution in [3.05, 3.63) is 60.2 Å². The molecule has 0 aromatic heterocycles. The fourth-order valence-corrected chi connectivity index (χ4v) is 2.65. The first-order valence-electron chi connectivity index (χ1n) is 9.13. The monoisotopic (exact) mass is 420 g/mol. The Bertz CT molecular complexity index is 875. The van der Waals surface area contributed by atoms with Gasteiger partial charge in [-0.2, -0.15) is 8.78 Å². The van der Waals surface area contributed by atoms with Gasteiger partial charge in [0.25, 0.3) is 11.8 Å². The van der Waals surface area contributed by atoms with Crippen LogP contribution in [0.5, 0.6) is 5.75 Å². The number of hydrogen-bond donors (Lipinski definition) is 1. The van der Waals surface area contributed by atoms with Gasteiger partial charge >= 0.3 is 12.6 Å². The van der Waals surface area contributed by atoms with Gasteiger partial charge in [-0.1, -0.05) is 24.3 Å². The first kappa shape index (κ1) is 22.8. The molecule has 0 aliphatic heterocycles. The van der Waals surface area contributed by atoms with Gasteiger partial charge in [0, 0.05) is 17.3 Å². The third kappa shape index (κ3) is 6.84. The van der Waals surface area contributed by atoms with Gasteiger partial charge in [0.15, 0.2) is 6.61 Å². The summed E-state index contributed by atoms with van der Waals surface area (Å²) in [6.45, 7) is -0.326. The number of amides is 2. The summed E-state index contributed by atoms with van der Waals surface area (Å²) in [5.74, 6) is -2.08. The lowest BCUT2D eigenvalue weighted by Gasteiger charge is -2.26. The van der Waals surface area contributed by atoms with Crippen molar-refractivity contribution in [2.24, 2.45) is 0 Å². The molecular weight excluding hydrogens is 398 g/mol. The highest BCUT2D eigenvalue weighted by atomic mass is 19.3. The quantitative estimate of drug-likeness (QED) is 0.631. The first-order chi connectivity index (χ1) is 14.3. The first-order valence-corrected chi connectivity index (χ1v) is 9.13. The Hall–Kier alpha value is -3.49. The van der Waals surface area contributed by atoms with Crippen LogP contribution in [0.2, 0.25) is 0 Å². The van der Waals surface area contributed by atoms with E-state index in [1.807, 2.05) is 19.9 Å². The molecule has 0 heterocycles. The van der Waals surface area contributed by atoms with Crippen LogP contribution in [0.4, 0.5) is 14.5 Å². The van der Waals surface area contributed by atoms with E-state index in [1.54, 1.807) is 24.3 Å². The number of carbonyl (C=O) groups excluding carboxylic acids is 3. The van der Waals surface area contributed by atoms with Crippen molar-refractivity contribution in [1.82, 2.24) is 5.32 Å². The maximum Gasteiger partial charge on any atom is 0.387 e. The Kier molecular flexibility index (Phi) is 8.28. The van der Waals surface area contributed by atoms with Gasteiger partial charge in [0.1, 0.15) is 12.3 Å². The molecule has 30 heavy (non-hydrogen) atoms. The van der Waals surface area contributed by atoms with Crippen molar-refractivity contribution >= 4 is 23.5 Å². The molecule has 1 N–H and O–H groups in total. The fraction of sp³-hybridized carbons (Fsp3) is 0.286.